The van der Waals surface area contributed by atoms with Gasteiger partial charge in [-0.05, 0) is 64.9 Å². The van der Waals surface area contributed by atoms with Crippen LogP contribution in [0.25, 0.3) is 33.1 Å². The summed E-state index contributed by atoms with van der Waals surface area (Å²) in [7, 11) is 0. The van der Waals surface area contributed by atoms with Gasteiger partial charge in [0.15, 0.2) is 0 Å². The van der Waals surface area contributed by atoms with Gasteiger partial charge in [0.2, 0.25) is 0 Å². The molecule has 0 atom stereocenters. The number of aryl methyl sites for hydroxylation is 1. The molecule has 0 spiro atoms. The van der Waals surface area contributed by atoms with Gasteiger partial charge in [-0.3, -0.25) is 4.79 Å². The smallest absolute Gasteiger partial charge is 0.450 e. The summed E-state index contributed by atoms with van der Waals surface area (Å²) in [6, 6.07) is 12.3. The predicted octanol–water partition coefficient (Wildman–Crippen LogP) is 8.96. The lowest BCUT2D eigenvalue weighted by atomic mass is 9.90. The highest BCUT2D eigenvalue weighted by Crippen LogP contribution is 2.39. The van der Waals surface area contributed by atoms with E-state index in [2.05, 4.69) is 73.6 Å². The van der Waals surface area contributed by atoms with E-state index >= 15 is 0 Å². The second-order valence-electron chi connectivity index (χ2n) is 11.8. The van der Waals surface area contributed by atoms with Crippen LogP contribution in [0.1, 0.15) is 102 Å². The topological polar surface area (TPSA) is 117 Å². The number of nitrogens with zero attached hydrogens (tertiary/aromatic N) is 2. The fourth-order valence-corrected chi connectivity index (χ4v) is 5.16. The van der Waals surface area contributed by atoms with Crippen molar-refractivity contribution in [1.29, 1.82) is 0 Å². The normalized spacial score (nSPS) is 11.1. The Morgan fingerprint density at radius 2 is 1.60 bits per heavy atom. The third kappa shape index (κ3) is 9.38. The van der Waals surface area contributed by atoms with E-state index in [0.29, 0.717) is 30.2 Å². The predicted molar refractivity (Wildman–Crippen MR) is 186 cm³/mol. The second kappa shape index (κ2) is 18.3. The van der Waals surface area contributed by atoms with Crippen LogP contribution in [0.4, 0.5) is 4.79 Å². The van der Waals surface area contributed by atoms with Gasteiger partial charge in [0.25, 0.3) is 5.56 Å². The van der Waals surface area contributed by atoms with Gasteiger partial charge in [-0.1, -0.05) is 92.9 Å². The Kier molecular flexibility index (Phi) is 15.2. The summed E-state index contributed by atoms with van der Waals surface area (Å²) in [6.45, 7) is 19.6. The van der Waals surface area contributed by atoms with Gasteiger partial charge in [0.1, 0.15) is 6.61 Å². The van der Waals surface area contributed by atoms with E-state index in [-0.39, 0.29) is 18.9 Å². The lowest BCUT2D eigenvalue weighted by molar-refractivity contribution is 0.0848. The van der Waals surface area contributed by atoms with Crippen LogP contribution in [0, 0.1) is 12.8 Å². The molecular formula is C37H53N3O5. The van der Waals surface area contributed by atoms with Crippen LogP contribution in [0.15, 0.2) is 41.2 Å². The quantitative estimate of drug-likeness (QED) is 0.106. The summed E-state index contributed by atoms with van der Waals surface area (Å²) in [5, 5.41) is 12.2. The highest BCUT2D eigenvalue weighted by molar-refractivity contribution is 6.09. The molecule has 1 aliphatic heterocycles. The number of fused-ring (bicyclic) bond motifs is 6. The summed E-state index contributed by atoms with van der Waals surface area (Å²) in [4.78, 5) is 29.4. The van der Waals surface area contributed by atoms with Gasteiger partial charge in [-0.25, -0.2) is 9.78 Å². The Hall–Kier alpha value is -3.75. The molecule has 4 aromatic rings. The first-order valence-corrected chi connectivity index (χ1v) is 16.3. The minimum absolute atomic E-state index is 0.160. The minimum Gasteiger partial charge on any atom is -0.450 e. The fraction of sp³-hybridized carbons (Fsp3) is 0.486. The number of aromatic nitrogens is 2. The van der Waals surface area contributed by atoms with Crippen LogP contribution in [-0.2, 0) is 35.7 Å². The Bertz CT molecular complexity index is 1620. The first kappa shape index (κ1) is 37.4. The Morgan fingerprint density at radius 3 is 2.18 bits per heavy atom. The molecule has 8 heteroatoms. The number of nitrogens with two attached hydrogens (primary N) is 1. The molecule has 5 rings (SSSR count). The zero-order chi connectivity index (χ0) is 33.7. The SMILES string of the molecule is CCC.CCC.CCC.Cc1cc2n(c(=O)c1COC(=O)O)Cc1c-2nc2ccc3ccc(COCN)cc3c2c1CC(C)C. The van der Waals surface area contributed by atoms with Gasteiger partial charge >= 0.3 is 6.16 Å². The number of carboxylic acid groups (broad SMARTS) is 1. The average molecular weight is 620 g/mol. The van der Waals surface area contributed by atoms with E-state index in [0.717, 1.165) is 50.6 Å². The van der Waals surface area contributed by atoms with Gasteiger partial charge in [-0.15, -0.1) is 0 Å². The largest absolute Gasteiger partial charge is 0.506 e. The maximum atomic E-state index is 13.4. The maximum absolute atomic E-state index is 13.4. The number of pyridine rings is 2. The molecule has 45 heavy (non-hydrogen) atoms. The highest BCUT2D eigenvalue weighted by atomic mass is 16.7. The zero-order valence-electron chi connectivity index (χ0n) is 28.8. The second-order valence-corrected chi connectivity index (χ2v) is 11.8. The molecule has 0 bridgehead atoms. The Morgan fingerprint density at radius 1 is 0.978 bits per heavy atom. The summed E-state index contributed by atoms with van der Waals surface area (Å²) >= 11 is 0. The Balaban J connectivity index is 0.000000703. The van der Waals surface area contributed by atoms with Crippen molar-refractivity contribution >= 4 is 27.8 Å². The lowest BCUT2D eigenvalue weighted by Gasteiger charge is -2.16. The van der Waals surface area contributed by atoms with E-state index in [4.69, 9.17) is 25.3 Å². The third-order valence-corrected chi connectivity index (χ3v) is 6.77. The molecule has 0 amide bonds. The molecule has 8 nitrogen and oxygen atoms in total. The monoisotopic (exact) mass is 619 g/mol. The van der Waals surface area contributed by atoms with Crippen molar-refractivity contribution in [2.45, 2.75) is 108 Å². The van der Waals surface area contributed by atoms with Crippen LogP contribution in [0.5, 0.6) is 0 Å². The number of ether oxygens (including phenoxy) is 2. The van der Waals surface area contributed by atoms with E-state index in [9.17, 15) is 9.59 Å². The summed E-state index contributed by atoms with van der Waals surface area (Å²) < 4.78 is 11.9. The molecule has 246 valence electrons. The van der Waals surface area contributed by atoms with Crippen LogP contribution >= 0.6 is 0 Å². The van der Waals surface area contributed by atoms with Gasteiger partial charge in [0.05, 0.1) is 42.4 Å². The molecule has 2 aromatic heterocycles. The molecule has 0 saturated heterocycles. The van der Waals surface area contributed by atoms with Crippen LogP contribution in [0.2, 0.25) is 0 Å². The van der Waals surface area contributed by atoms with Crippen molar-refractivity contribution in [2.75, 3.05) is 6.73 Å². The molecule has 1 aliphatic rings. The zero-order valence-corrected chi connectivity index (χ0v) is 28.8. The van der Waals surface area contributed by atoms with Gasteiger partial charge < -0.3 is 24.9 Å². The van der Waals surface area contributed by atoms with Crippen molar-refractivity contribution in [2.24, 2.45) is 11.7 Å². The number of rotatable bonds is 7. The maximum Gasteiger partial charge on any atom is 0.506 e. The molecule has 3 N–H and O–H groups in total. The number of hydrogen-bond acceptors (Lipinski definition) is 6. The Labute approximate surface area is 268 Å². The molecule has 0 radical (unpaired) electrons. The standard InChI is InChI=1S/C28H29N3O5.3C3H8/c1-15(2)8-20-21-11-31-24(9-16(3)22(27(31)32)13-36-28(33)34)26(21)30-23-7-6-18-5-4-17(12-35-14-29)10-19(18)25(20)23;3*1-3-2/h4-7,9-10,15H,8,11-14,29H2,1-3H3,(H,33,34);3*3H2,1-2H3. The average Bonchev–Trinajstić information content (AvgIpc) is 3.35. The van der Waals surface area contributed by atoms with Crippen molar-refractivity contribution in [3.05, 3.63) is 74.6 Å². The van der Waals surface area contributed by atoms with Crippen molar-refractivity contribution < 1.29 is 19.4 Å². The summed E-state index contributed by atoms with van der Waals surface area (Å²) in [5.41, 5.74) is 12.0. The van der Waals surface area contributed by atoms with E-state index < -0.39 is 6.16 Å². The summed E-state index contributed by atoms with van der Waals surface area (Å²) in [6.07, 6.45) is 3.18. The molecule has 2 aromatic carbocycles. The van der Waals surface area contributed by atoms with Crippen molar-refractivity contribution in [3.63, 3.8) is 0 Å². The summed E-state index contributed by atoms with van der Waals surface area (Å²) in [5.74, 6) is 0.389. The highest BCUT2D eigenvalue weighted by Gasteiger charge is 2.28. The first-order chi connectivity index (χ1) is 21.5. The van der Waals surface area contributed by atoms with Gasteiger partial charge in [-0.2, -0.15) is 0 Å². The van der Waals surface area contributed by atoms with Crippen LogP contribution in [0.3, 0.4) is 0 Å². The van der Waals surface area contributed by atoms with E-state index in [1.807, 2.05) is 18.2 Å². The van der Waals surface area contributed by atoms with Gasteiger partial charge in [0, 0.05) is 10.9 Å². The number of hydrogen-bond donors (Lipinski definition) is 2. The molecular weight excluding hydrogens is 566 g/mol. The molecule has 3 heterocycles. The van der Waals surface area contributed by atoms with Crippen molar-refractivity contribution in [3.8, 4) is 11.4 Å². The molecule has 0 saturated carbocycles. The third-order valence-electron chi connectivity index (χ3n) is 6.77. The van der Waals surface area contributed by atoms with E-state index in [1.165, 1.54) is 24.8 Å². The van der Waals surface area contributed by atoms with Crippen LogP contribution in [-0.4, -0.2) is 27.5 Å². The lowest BCUT2D eigenvalue weighted by Crippen LogP contribution is -2.25. The van der Waals surface area contributed by atoms with Crippen LogP contribution < -0.4 is 11.3 Å². The molecule has 0 unspecified atom stereocenters. The van der Waals surface area contributed by atoms with Crippen molar-refractivity contribution in [1.82, 2.24) is 9.55 Å². The molecule has 0 fully saturated rings. The van der Waals surface area contributed by atoms with E-state index in [1.54, 1.807) is 11.5 Å². The minimum atomic E-state index is -1.40. The molecule has 0 aliphatic carbocycles. The fourth-order valence-electron chi connectivity index (χ4n) is 5.16. The number of benzene rings is 2. The number of carbonyl (C=O) groups is 1. The first-order valence-electron chi connectivity index (χ1n) is 16.3.